The van der Waals surface area contributed by atoms with Crippen molar-refractivity contribution in [2.24, 2.45) is 5.92 Å². The average Bonchev–Trinajstić information content (AvgIpc) is 2.04. The Kier molecular flexibility index (Phi) is 2.63. The molecule has 62 valence electrons. The number of ketones is 1. The van der Waals surface area contributed by atoms with Gasteiger partial charge in [0.25, 0.3) is 0 Å². The molecule has 0 N–H and O–H groups in total. The number of ether oxygens (including phenoxy) is 1. The molecule has 0 spiro atoms. The summed E-state index contributed by atoms with van der Waals surface area (Å²) in [6.07, 6.45) is 3.10. The van der Waals surface area contributed by atoms with Gasteiger partial charge in [-0.1, -0.05) is 6.42 Å². The van der Waals surface area contributed by atoms with Gasteiger partial charge in [-0.05, 0) is 12.8 Å². The van der Waals surface area contributed by atoms with Gasteiger partial charge in [-0.25, -0.2) is 0 Å². The summed E-state index contributed by atoms with van der Waals surface area (Å²) in [4.78, 5) is 22.0. The highest BCUT2D eigenvalue weighted by Gasteiger charge is 2.29. The fourth-order valence-corrected chi connectivity index (χ4v) is 1.37. The molecule has 1 saturated carbocycles. The predicted molar refractivity (Wildman–Crippen MR) is 39.0 cm³/mol. The highest BCUT2D eigenvalue weighted by atomic mass is 16.5. The Labute approximate surface area is 65.7 Å². The number of hydrogen-bond donors (Lipinski definition) is 0. The van der Waals surface area contributed by atoms with Crippen molar-refractivity contribution in [1.29, 1.82) is 0 Å². The van der Waals surface area contributed by atoms with Crippen LogP contribution in [-0.2, 0) is 14.3 Å². The van der Waals surface area contributed by atoms with Gasteiger partial charge in [0, 0.05) is 6.42 Å². The van der Waals surface area contributed by atoms with Crippen molar-refractivity contribution < 1.29 is 14.3 Å². The quantitative estimate of drug-likeness (QED) is 0.419. The molecule has 0 aliphatic heterocycles. The average molecular weight is 156 g/mol. The van der Waals surface area contributed by atoms with Gasteiger partial charge in [-0.2, -0.15) is 0 Å². The highest BCUT2D eigenvalue weighted by molar-refractivity contribution is 5.99. The minimum Gasteiger partial charge on any atom is -0.468 e. The molecule has 0 bridgehead atoms. The Morgan fingerprint density at radius 2 is 2.27 bits per heavy atom. The summed E-state index contributed by atoms with van der Waals surface area (Å²) in [6, 6.07) is 0. The van der Waals surface area contributed by atoms with Crippen molar-refractivity contribution in [1.82, 2.24) is 0 Å². The molecule has 1 aliphatic carbocycles. The van der Waals surface area contributed by atoms with Crippen LogP contribution >= 0.6 is 0 Å². The number of esters is 1. The summed E-state index contributed by atoms with van der Waals surface area (Å²) >= 11 is 0. The van der Waals surface area contributed by atoms with Crippen LogP contribution < -0.4 is 0 Å². The van der Waals surface area contributed by atoms with E-state index < -0.39 is 5.92 Å². The number of carbonyl (C=O) groups excluding carboxylic acids is 2. The third kappa shape index (κ3) is 1.79. The number of rotatable bonds is 1. The SMILES string of the molecule is COC(=O)[C@H]1CCCCC1=O. The molecule has 0 unspecified atom stereocenters. The molecule has 1 aliphatic rings. The fraction of sp³-hybridized carbons (Fsp3) is 0.750. The van der Waals surface area contributed by atoms with E-state index >= 15 is 0 Å². The second-order valence-corrected chi connectivity index (χ2v) is 2.79. The van der Waals surface area contributed by atoms with E-state index in [1.54, 1.807) is 0 Å². The molecule has 0 aromatic heterocycles. The molecule has 0 saturated heterocycles. The Hall–Kier alpha value is -0.860. The molecule has 0 aromatic rings. The fourth-order valence-electron chi connectivity index (χ4n) is 1.37. The maximum Gasteiger partial charge on any atom is 0.316 e. The lowest BCUT2D eigenvalue weighted by molar-refractivity contribution is -0.150. The first-order valence-electron chi connectivity index (χ1n) is 3.86. The molecule has 1 atom stereocenters. The highest BCUT2D eigenvalue weighted by Crippen LogP contribution is 2.21. The van der Waals surface area contributed by atoms with Crippen molar-refractivity contribution in [2.75, 3.05) is 7.11 Å². The molecule has 0 radical (unpaired) electrons. The molecule has 0 amide bonds. The lowest BCUT2D eigenvalue weighted by atomic mass is 9.88. The lowest BCUT2D eigenvalue weighted by Gasteiger charge is -2.17. The van der Waals surface area contributed by atoms with Crippen molar-refractivity contribution in [3.63, 3.8) is 0 Å². The van der Waals surface area contributed by atoms with E-state index in [1.165, 1.54) is 7.11 Å². The van der Waals surface area contributed by atoms with E-state index in [1.807, 2.05) is 0 Å². The number of Topliss-reactive ketones (excluding diaryl/α,β-unsaturated/α-hetero) is 1. The zero-order valence-corrected chi connectivity index (χ0v) is 6.63. The van der Waals surface area contributed by atoms with Crippen LogP contribution in [0.25, 0.3) is 0 Å². The Balaban J connectivity index is 2.54. The molecule has 1 fully saturated rings. The first kappa shape index (κ1) is 8.24. The minimum absolute atomic E-state index is 0.0445. The van der Waals surface area contributed by atoms with Crippen LogP contribution in [0.5, 0.6) is 0 Å². The van der Waals surface area contributed by atoms with Gasteiger partial charge in [0.2, 0.25) is 0 Å². The van der Waals surface area contributed by atoms with E-state index in [2.05, 4.69) is 4.74 Å². The third-order valence-electron chi connectivity index (χ3n) is 2.04. The molecule has 11 heavy (non-hydrogen) atoms. The molecule has 1 rings (SSSR count). The van der Waals surface area contributed by atoms with Crippen molar-refractivity contribution in [3.8, 4) is 0 Å². The number of hydrogen-bond acceptors (Lipinski definition) is 3. The zero-order valence-electron chi connectivity index (χ0n) is 6.63. The summed E-state index contributed by atoms with van der Waals surface area (Å²) in [5.74, 6) is -0.786. The van der Waals surface area contributed by atoms with E-state index in [-0.39, 0.29) is 11.8 Å². The molecule has 0 heterocycles. The van der Waals surface area contributed by atoms with Gasteiger partial charge in [-0.15, -0.1) is 0 Å². The second-order valence-electron chi connectivity index (χ2n) is 2.79. The van der Waals surface area contributed by atoms with Gasteiger partial charge < -0.3 is 4.74 Å². The van der Waals surface area contributed by atoms with Crippen molar-refractivity contribution in [3.05, 3.63) is 0 Å². The summed E-state index contributed by atoms with van der Waals surface area (Å²) < 4.78 is 4.50. The smallest absolute Gasteiger partial charge is 0.316 e. The van der Waals surface area contributed by atoms with Crippen LogP contribution in [0.3, 0.4) is 0 Å². The summed E-state index contributed by atoms with van der Waals surface area (Å²) in [5, 5.41) is 0. The maximum absolute atomic E-state index is 11.1. The molecular formula is C8H12O3. The normalized spacial score (nSPS) is 24.8. The summed E-state index contributed by atoms with van der Waals surface area (Å²) in [5.41, 5.74) is 0. The second kappa shape index (κ2) is 3.51. The lowest BCUT2D eigenvalue weighted by Crippen LogP contribution is -2.27. The van der Waals surface area contributed by atoms with E-state index in [0.717, 1.165) is 12.8 Å². The van der Waals surface area contributed by atoms with Crippen LogP contribution in [0, 0.1) is 5.92 Å². The molecule has 3 heteroatoms. The summed E-state index contributed by atoms with van der Waals surface area (Å²) in [6.45, 7) is 0. The zero-order chi connectivity index (χ0) is 8.27. The number of carbonyl (C=O) groups is 2. The molecule has 3 nitrogen and oxygen atoms in total. The first-order chi connectivity index (χ1) is 5.25. The van der Waals surface area contributed by atoms with Crippen LogP contribution in [0.15, 0.2) is 0 Å². The standard InChI is InChI=1S/C8H12O3/c1-11-8(10)6-4-2-3-5-7(6)9/h6H,2-5H2,1H3/t6-/m0/s1. The van der Waals surface area contributed by atoms with E-state index in [0.29, 0.717) is 12.8 Å². The minimum atomic E-state index is -0.464. The molecule has 0 aromatic carbocycles. The van der Waals surface area contributed by atoms with Crippen LogP contribution in [0.4, 0.5) is 0 Å². The van der Waals surface area contributed by atoms with Crippen LogP contribution in [-0.4, -0.2) is 18.9 Å². The predicted octanol–water partition coefficient (Wildman–Crippen LogP) is 0.919. The molecular weight excluding hydrogens is 144 g/mol. The van der Waals surface area contributed by atoms with Crippen molar-refractivity contribution >= 4 is 11.8 Å². The Morgan fingerprint density at radius 1 is 1.55 bits per heavy atom. The Bertz CT molecular complexity index is 166. The van der Waals surface area contributed by atoms with Gasteiger partial charge in [0.15, 0.2) is 0 Å². The van der Waals surface area contributed by atoms with Gasteiger partial charge >= 0.3 is 5.97 Å². The van der Waals surface area contributed by atoms with Gasteiger partial charge in [0.05, 0.1) is 7.11 Å². The largest absolute Gasteiger partial charge is 0.468 e. The topological polar surface area (TPSA) is 43.4 Å². The maximum atomic E-state index is 11.1. The third-order valence-corrected chi connectivity index (χ3v) is 2.04. The number of methoxy groups -OCH3 is 1. The van der Waals surface area contributed by atoms with Gasteiger partial charge in [0.1, 0.15) is 11.7 Å². The Morgan fingerprint density at radius 3 is 2.82 bits per heavy atom. The van der Waals surface area contributed by atoms with E-state index in [9.17, 15) is 9.59 Å². The monoisotopic (exact) mass is 156 g/mol. The van der Waals surface area contributed by atoms with Crippen molar-refractivity contribution in [2.45, 2.75) is 25.7 Å². The van der Waals surface area contributed by atoms with Crippen LogP contribution in [0.1, 0.15) is 25.7 Å². The van der Waals surface area contributed by atoms with E-state index in [4.69, 9.17) is 0 Å². The summed E-state index contributed by atoms with van der Waals surface area (Å²) in [7, 11) is 1.32. The first-order valence-corrected chi connectivity index (χ1v) is 3.86. The van der Waals surface area contributed by atoms with Gasteiger partial charge in [-0.3, -0.25) is 9.59 Å². The van der Waals surface area contributed by atoms with Crippen LogP contribution in [0.2, 0.25) is 0 Å².